The van der Waals surface area contributed by atoms with Crippen LogP contribution in [0.5, 0.6) is 11.9 Å². The van der Waals surface area contributed by atoms with E-state index in [2.05, 4.69) is 19.9 Å². The summed E-state index contributed by atoms with van der Waals surface area (Å²) in [7, 11) is -3.85. The van der Waals surface area contributed by atoms with E-state index in [9.17, 15) is 8.42 Å². The first-order chi connectivity index (χ1) is 13.3. The molecule has 3 aromatic rings. The first kappa shape index (κ1) is 20.5. The number of hydrogen-bond donors (Lipinski definition) is 1. The van der Waals surface area contributed by atoms with E-state index in [0.29, 0.717) is 18.2 Å². The van der Waals surface area contributed by atoms with E-state index in [1.54, 1.807) is 35.9 Å². The molecular weight excluding hydrogens is 425 g/mol. The number of ether oxygens (including phenoxy) is 1. The van der Waals surface area contributed by atoms with Gasteiger partial charge in [0, 0.05) is 18.8 Å². The first-order valence-corrected chi connectivity index (χ1v) is 10.5. The van der Waals surface area contributed by atoms with Gasteiger partial charge in [0.25, 0.3) is 0 Å². The number of sulfonamides is 1. The summed E-state index contributed by atoms with van der Waals surface area (Å²) in [6.45, 7) is 4.01. The first-order valence-electron chi connectivity index (χ1n) is 8.31. The second kappa shape index (κ2) is 8.44. The number of nitrogens with one attached hydrogen (secondary N) is 1. The summed E-state index contributed by atoms with van der Waals surface area (Å²) in [6.07, 6.45) is 1.59. The van der Waals surface area contributed by atoms with E-state index in [-0.39, 0.29) is 21.0 Å². The Balaban J connectivity index is 1.84. The lowest BCUT2D eigenvalue weighted by Crippen LogP contribution is -2.29. The van der Waals surface area contributed by atoms with Crippen LogP contribution < -0.4 is 9.46 Å². The Kier molecular flexibility index (Phi) is 6.19. The molecular formula is C17H17Cl2N5O3S. The highest BCUT2D eigenvalue weighted by atomic mass is 35.5. The van der Waals surface area contributed by atoms with E-state index in [4.69, 9.17) is 27.9 Å². The second-order valence-corrected chi connectivity index (χ2v) is 8.30. The molecule has 1 atom stereocenters. The number of hydrogen-bond acceptors (Lipinski definition) is 6. The monoisotopic (exact) mass is 441 g/mol. The van der Waals surface area contributed by atoms with Crippen LogP contribution >= 0.6 is 23.2 Å². The molecule has 1 aromatic carbocycles. The minimum absolute atomic E-state index is 0.00118. The van der Waals surface area contributed by atoms with Crippen molar-refractivity contribution in [3.05, 3.63) is 58.5 Å². The van der Waals surface area contributed by atoms with Gasteiger partial charge in [-0.25, -0.2) is 18.1 Å². The van der Waals surface area contributed by atoms with E-state index >= 15 is 0 Å². The molecule has 2 aromatic heterocycles. The number of rotatable bonds is 7. The van der Waals surface area contributed by atoms with Crippen molar-refractivity contribution in [3.63, 3.8) is 0 Å². The van der Waals surface area contributed by atoms with Crippen LogP contribution in [-0.4, -0.2) is 28.2 Å². The lowest BCUT2D eigenvalue weighted by molar-refractivity contribution is 0.394. The summed E-state index contributed by atoms with van der Waals surface area (Å²) in [5.74, 6) is 0.761. The van der Waals surface area contributed by atoms with Crippen molar-refractivity contribution >= 4 is 33.2 Å². The highest BCUT2D eigenvalue weighted by Crippen LogP contribution is 2.26. The van der Waals surface area contributed by atoms with E-state index in [1.807, 2.05) is 6.92 Å². The molecule has 0 spiro atoms. The molecule has 28 heavy (non-hydrogen) atoms. The van der Waals surface area contributed by atoms with Crippen LogP contribution in [0.4, 0.5) is 0 Å². The summed E-state index contributed by atoms with van der Waals surface area (Å²) in [4.78, 5) is 4.08. The molecule has 0 saturated carbocycles. The van der Waals surface area contributed by atoms with Gasteiger partial charge in [-0.05, 0) is 38.1 Å². The molecule has 2 heterocycles. The zero-order valence-corrected chi connectivity index (χ0v) is 17.3. The maximum Gasteiger partial charge on any atom is 0.323 e. The SMILES string of the molecule is CCn1c(Oc2ccccn2)nnc1[C@@H](C)NS(=O)(=O)c1ccc(Cl)c(Cl)c1. The molecule has 0 unspecified atom stereocenters. The van der Waals surface area contributed by atoms with Gasteiger partial charge in [0.1, 0.15) is 0 Å². The average Bonchev–Trinajstić information content (AvgIpc) is 3.07. The minimum Gasteiger partial charge on any atom is -0.405 e. The topological polar surface area (TPSA) is 99.0 Å². The molecule has 0 aliphatic heterocycles. The van der Waals surface area contributed by atoms with Crippen molar-refractivity contribution in [2.24, 2.45) is 0 Å². The molecule has 0 aliphatic carbocycles. The molecule has 0 amide bonds. The molecule has 0 saturated heterocycles. The Morgan fingerprint density at radius 2 is 1.96 bits per heavy atom. The van der Waals surface area contributed by atoms with Crippen LogP contribution in [0.3, 0.4) is 0 Å². The lowest BCUT2D eigenvalue weighted by atomic mass is 10.3. The van der Waals surface area contributed by atoms with Gasteiger partial charge in [0.2, 0.25) is 15.9 Å². The lowest BCUT2D eigenvalue weighted by Gasteiger charge is -2.15. The maximum absolute atomic E-state index is 12.7. The van der Waals surface area contributed by atoms with Gasteiger partial charge in [0.15, 0.2) is 5.82 Å². The van der Waals surface area contributed by atoms with Gasteiger partial charge in [-0.1, -0.05) is 34.4 Å². The smallest absolute Gasteiger partial charge is 0.323 e. The molecule has 0 aliphatic rings. The Hall–Kier alpha value is -2.20. The number of nitrogens with zero attached hydrogens (tertiary/aromatic N) is 4. The molecule has 0 radical (unpaired) electrons. The van der Waals surface area contributed by atoms with Crippen LogP contribution in [0.15, 0.2) is 47.5 Å². The molecule has 0 fully saturated rings. The van der Waals surface area contributed by atoms with Crippen LogP contribution in [0, 0.1) is 0 Å². The summed E-state index contributed by atoms with van der Waals surface area (Å²) in [5, 5.41) is 8.51. The van der Waals surface area contributed by atoms with Crippen LogP contribution in [-0.2, 0) is 16.6 Å². The molecule has 3 rings (SSSR count). The molecule has 148 valence electrons. The quantitative estimate of drug-likeness (QED) is 0.597. The average molecular weight is 442 g/mol. The third-order valence-electron chi connectivity index (χ3n) is 3.82. The zero-order valence-electron chi connectivity index (χ0n) is 15.0. The highest BCUT2D eigenvalue weighted by molar-refractivity contribution is 7.89. The Morgan fingerprint density at radius 1 is 1.18 bits per heavy atom. The van der Waals surface area contributed by atoms with Gasteiger partial charge in [-0.3, -0.25) is 4.57 Å². The van der Waals surface area contributed by atoms with Crippen molar-refractivity contribution in [1.82, 2.24) is 24.5 Å². The number of aromatic nitrogens is 4. The molecule has 0 bridgehead atoms. The third kappa shape index (κ3) is 4.44. The largest absolute Gasteiger partial charge is 0.405 e. The van der Waals surface area contributed by atoms with Crippen molar-refractivity contribution in [2.75, 3.05) is 0 Å². The van der Waals surface area contributed by atoms with E-state index in [1.165, 1.54) is 18.2 Å². The van der Waals surface area contributed by atoms with Gasteiger partial charge >= 0.3 is 6.01 Å². The fourth-order valence-corrected chi connectivity index (χ4v) is 4.08. The predicted octanol–water partition coefficient (Wildman–Crippen LogP) is 3.83. The van der Waals surface area contributed by atoms with Crippen molar-refractivity contribution in [1.29, 1.82) is 0 Å². The Labute approximate surface area is 172 Å². The third-order valence-corrected chi connectivity index (χ3v) is 6.09. The molecule has 1 N–H and O–H groups in total. The van der Waals surface area contributed by atoms with E-state index in [0.717, 1.165) is 0 Å². The summed E-state index contributed by atoms with van der Waals surface area (Å²) < 4.78 is 35.2. The van der Waals surface area contributed by atoms with Gasteiger partial charge in [-0.2, -0.15) is 0 Å². The predicted molar refractivity (Wildman–Crippen MR) is 105 cm³/mol. The molecule has 11 heteroatoms. The van der Waals surface area contributed by atoms with Gasteiger partial charge < -0.3 is 4.74 Å². The zero-order chi connectivity index (χ0) is 20.3. The fourth-order valence-electron chi connectivity index (χ4n) is 2.49. The van der Waals surface area contributed by atoms with Crippen molar-refractivity contribution in [2.45, 2.75) is 31.3 Å². The van der Waals surface area contributed by atoms with Crippen molar-refractivity contribution < 1.29 is 13.2 Å². The standard InChI is InChI=1S/C17H17Cl2N5O3S/c1-3-24-16(21-22-17(24)27-15-6-4-5-9-20-15)11(2)23-28(25,26)12-7-8-13(18)14(19)10-12/h4-11,23H,3H2,1-2H3/t11-/m1/s1. The summed E-state index contributed by atoms with van der Waals surface area (Å²) in [5.41, 5.74) is 0. The van der Waals surface area contributed by atoms with Gasteiger partial charge in [-0.15, -0.1) is 5.10 Å². The number of halogens is 2. The maximum atomic E-state index is 12.7. The summed E-state index contributed by atoms with van der Waals surface area (Å²) >= 11 is 11.8. The minimum atomic E-state index is -3.85. The highest BCUT2D eigenvalue weighted by Gasteiger charge is 2.24. The Bertz CT molecular complexity index is 1070. The summed E-state index contributed by atoms with van der Waals surface area (Å²) in [6, 6.07) is 8.88. The van der Waals surface area contributed by atoms with E-state index < -0.39 is 16.1 Å². The second-order valence-electron chi connectivity index (χ2n) is 5.77. The van der Waals surface area contributed by atoms with Crippen molar-refractivity contribution in [3.8, 4) is 11.9 Å². The number of pyridine rings is 1. The number of benzene rings is 1. The Morgan fingerprint density at radius 3 is 2.61 bits per heavy atom. The van der Waals surface area contributed by atoms with Gasteiger partial charge in [0.05, 0.1) is 21.0 Å². The normalized spacial score (nSPS) is 12.7. The van der Waals surface area contributed by atoms with Crippen LogP contribution in [0.1, 0.15) is 25.7 Å². The van der Waals surface area contributed by atoms with Crippen LogP contribution in [0.2, 0.25) is 10.0 Å². The fraction of sp³-hybridized carbons (Fsp3) is 0.235. The molecule has 8 nitrogen and oxygen atoms in total. The van der Waals surface area contributed by atoms with Crippen LogP contribution in [0.25, 0.3) is 0 Å².